The molecular formula is C23H38O4Si. The lowest BCUT2D eigenvalue weighted by molar-refractivity contribution is -0.160. The van der Waals surface area contributed by atoms with Gasteiger partial charge in [-0.2, -0.15) is 0 Å². The molecule has 28 heavy (non-hydrogen) atoms. The molecule has 1 saturated heterocycles. The molecule has 0 unspecified atom stereocenters. The Bertz CT molecular complexity index is 636. The van der Waals surface area contributed by atoms with Gasteiger partial charge in [-0.1, -0.05) is 57.2 Å². The molecular weight excluding hydrogens is 368 g/mol. The molecule has 0 aromatic heterocycles. The number of aliphatic hydroxyl groups excluding tert-OH is 1. The summed E-state index contributed by atoms with van der Waals surface area (Å²) < 4.78 is 19.3. The quantitative estimate of drug-likeness (QED) is 0.451. The lowest BCUT2D eigenvalue weighted by atomic mass is 9.95. The summed E-state index contributed by atoms with van der Waals surface area (Å²) in [6, 6.07) is 10.2. The average Bonchev–Trinajstić information content (AvgIpc) is 2.93. The van der Waals surface area contributed by atoms with E-state index in [-0.39, 0.29) is 17.2 Å². The van der Waals surface area contributed by atoms with Gasteiger partial charge in [-0.25, -0.2) is 0 Å². The molecule has 1 aliphatic rings. The van der Waals surface area contributed by atoms with Crippen molar-refractivity contribution >= 4 is 8.32 Å². The van der Waals surface area contributed by atoms with Gasteiger partial charge in [0.1, 0.15) is 12.2 Å². The van der Waals surface area contributed by atoms with E-state index >= 15 is 0 Å². The maximum absolute atomic E-state index is 10.8. The van der Waals surface area contributed by atoms with Gasteiger partial charge >= 0.3 is 0 Å². The summed E-state index contributed by atoms with van der Waals surface area (Å²) in [5, 5.41) is 10.9. The Morgan fingerprint density at radius 3 is 2.29 bits per heavy atom. The standard InChI is InChI=1S/C23H38O4Si/c1-9-10-16-18(24)20-21(26-23(5,6)25-20)19(17-14-12-11-13-15-17)27-28(7,8)22(2,3)4/h9,11-15,18-21,24H,1,10,16H2,2-8H3/t18-,19+,20+,21+/m0/s1. The van der Waals surface area contributed by atoms with E-state index < -0.39 is 26.3 Å². The zero-order chi connectivity index (χ0) is 21.2. The van der Waals surface area contributed by atoms with E-state index in [4.69, 9.17) is 13.9 Å². The maximum atomic E-state index is 10.8. The van der Waals surface area contributed by atoms with Crippen LogP contribution in [0.15, 0.2) is 43.0 Å². The van der Waals surface area contributed by atoms with Gasteiger partial charge in [-0.15, -0.1) is 6.58 Å². The van der Waals surface area contributed by atoms with Crippen molar-refractivity contribution in [2.45, 2.75) is 95.8 Å². The zero-order valence-corrected chi connectivity index (χ0v) is 19.6. The Labute approximate surface area is 172 Å². The Balaban J connectivity index is 2.41. The first-order valence-corrected chi connectivity index (χ1v) is 13.2. The molecule has 0 bridgehead atoms. The number of ether oxygens (including phenoxy) is 2. The van der Waals surface area contributed by atoms with Crippen LogP contribution in [0.5, 0.6) is 0 Å². The number of aliphatic hydroxyl groups is 1. The molecule has 1 aliphatic heterocycles. The average molecular weight is 407 g/mol. The molecule has 1 fully saturated rings. The van der Waals surface area contributed by atoms with Crippen molar-refractivity contribution in [2.75, 3.05) is 0 Å². The van der Waals surface area contributed by atoms with Gasteiger partial charge in [-0.05, 0) is 50.4 Å². The summed E-state index contributed by atoms with van der Waals surface area (Å²) >= 11 is 0. The first-order chi connectivity index (χ1) is 12.9. The molecule has 0 radical (unpaired) electrons. The minimum Gasteiger partial charge on any atom is -0.407 e. The Morgan fingerprint density at radius 1 is 1.18 bits per heavy atom. The summed E-state index contributed by atoms with van der Waals surface area (Å²) in [6.07, 6.45) is 1.36. The molecule has 1 N–H and O–H groups in total. The smallest absolute Gasteiger partial charge is 0.193 e. The van der Waals surface area contributed by atoms with E-state index in [1.54, 1.807) is 0 Å². The zero-order valence-electron chi connectivity index (χ0n) is 18.6. The van der Waals surface area contributed by atoms with E-state index in [1.807, 2.05) is 38.1 Å². The van der Waals surface area contributed by atoms with Crippen LogP contribution in [0, 0.1) is 0 Å². The highest BCUT2D eigenvalue weighted by atomic mass is 28.4. The molecule has 2 rings (SSSR count). The lowest BCUT2D eigenvalue weighted by Gasteiger charge is -2.41. The minimum atomic E-state index is -2.09. The van der Waals surface area contributed by atoms with Crippen LogP contribution in [0.25, 0.3) is 0 Å². The summed E-state index contributed by atoms with van der Waals surface area (Å²) in [5.74, 6) is -0.770. The molecule has 5 heteroatoms. The molecule has 4 atom stereocenters. The molecule has 4 nitrogen and oxygen atoms in total. The molecule has 0 amide bonds. The summed E-state index contributed by atoms with van der Waals surface area (Å²) in [6.45, 7) is 18.7. The van der Waals surface area contributed by atoms with Gasteiger partial charge in [0.25, 0.3) is 0 Å². The van der Waals surface area contributed by atoms with Crippen molar-refractivity contribution in [3.63, 3.8) is 0 Å². The van der Waals surface area contributed by atoms with Gasteiger partial charge in [0.2, 0.25) is 0 Å². The van der Waals surface area contributed by atoms with Gasteiger partial charge in [-0.3, -0.25) is 0 Å². The monoisotopic (exact) mass is 406 g/mol. The second-order valence-electron chi connectivity index (χ2n) is 9.71. The lowest BCUT2D eigenvalue weighted by Crippen LogP contribution is -2.47. The first kappa shape index (κ1) is 23.3. The van der Waals surface area contributed by atoms with Gasteiger partial charge < -0.3 is 19.0 Å². The second kappa shape index (κ2) is 8.80. The van der Waals surface area contributed by atoms with Gasteiger partial charge in [0, 0.05) is 0 Å². The van der Waals surface area contributed by atoms with Crippen molar-refractivity contribution in [1.82, 2.24) is 0 Å². The fourth-order valence-electron chi connectivity index (χ4n) is 3.26. The number of benzene rings is 1. The Hall–Kier alpha value is -0.983. The highest BCUT2D eigenvalue weighted by Crippen LogP contribution is 2.45. The molecule has 0 aliphatic carbocycles. The number of hydrogen-bond acceptors (Lipinski definition) is 4. The highest BCUT2D eigenvalue weighted by Gasteiger charge is 2.51. The number of rotatable bonds is 8. The SMILES string of the molecule is C=CCC[C@H](O)[C@H]1OC(C)(C)O[C@@H]1[C@H](O[Si](C)(C)C(C)(C)C)c1ccccc1. The molecule has 1 aromatic carbocycles. The topological polar surface area (TPSA) is 47.9 Å². The third kappa shape index (κ3) is 5.54. The summed E-state index contributed by atoms with van der Waals surface area (Å²) in [7, 11) is -2.09. The van der Waals surface area contributed by atoms with Gasteiger partial charge in [0.05, 0.1) is 12.2 Å². The molecule has 158 valence electrons. The third-order valence-electron chi connectivity index (χ3n) is 5.86. The van der Waals surface area contributed by atoms with E-state index in [9.17, 15) is 5.11 Å². The largest absolute Gasteiger partial charge is 0.407 e. The molecule has 1 aromatic rings. The third-order valence-corrected chi connectivity index (χ3v) is 10.3. The van der Waals surface area contributed by atoms with E-state index in [0.717, 1.165) is 12.0 Å². The van der Waals surface area contributed by atoms with E-state index in [0.29, 0.717) is 6.42 Å². The van der Waals surface area contributed by atoms with Gasteiger partial charge in [0.15, 0.2) is 14.1 Å². The van der Waals surface area contributed by atoms with Crippen LogP contribution in [0.1, 0.15) is 59.1 Å². The number of allylic oxidation sites excluding steroid dienone is 1. The van der Waals surface area contributed by atoms with Crippen LogP contribution >= 0.6 is 0 Å². The number of hydrogen-bond donors (Lipinski definition) is 1. The second-order valence-corrected chi connectivity index (χ2v) is 14.5. The molecule has 0 saturated carbocycles. The van der Waals surface area contributed by atoms with Crippen LogP contribution in [0.3, 0.4) is 0 Å². The molecule has 1 heterocycles. The van der Waals surface area contributed by atoms with Crippen LogP contribution < -0.4 is 0 Å². The van der Waals surface area contributed by atoms with Crippen molar-refractivity contribution in [2.24, 2.45) is 0 Å². The normalized spacial score (nSPS) is 24.7. The Morgan fingerprint density at radius 2 is 1.75 bits per heavy atom. The first-order valence-electron chi connectivity index (χ1n) is 10.3. The van der Waals surface area contributed by atoms with Crippen molar-refractivity contribution in [3.8, 4) is 0 Å². The fraction of sp³-hybridized carbons (Fsp3) is 0.652. The van der Waals surface area contributed by atoms with Crippen LogP contribution in [-0.2, 0) is 13.9 Å². The van der Waals surface area contributed by atoms with E-state index in [1.165, 1.54) is 0 Å². The van der Waals surface area contributed by atoms with Crippen LogP contribution in [0.4, 0.5) is 0 Å². The van der Waals surface area contributed by atoms with Crippen molar-refractivity contribution in [3.05, 3.63) is 48.6 Å². The summed E-state index contributed by atoms with van der Waals surface area (Å²) in [5.41, 5.74) is 1.06. The minimum absolute atomic E-state index is 0.0615. The Kier molecular flexibility index (Phi) is 7.32. The maximum Gasteiger partial charge on any atom is 0.193 e. The fourth-order valence-corrected chi connectivity index (χ4v) is 4.52. The van der Waals surface area contributed by atoms with E-state index in [2.05, 4.69) is 52.6 Å². The van der Waals surface area contributed by atoms with Crippen molar-refractivity contribution < 1.29 is 19.0 Å². The summed E-state index contributed by atoms with van der Waals surface area (Å²) in [4.78, 5) is 0. The van der Waals surface area contributed by atoms with Crippen molar-refractivity contribution in [1.29, 1.82) is 0 Å². The molecule has 0 spiro atoms. The predicted molar refractivity (Wildman–Crippen MR) is 117 cm³/mol. The van der Waals surface area contributed by atoms with Crippen LogP contribution in [0.2, 0.25) is 18.1 Å². The highest BCUT2D eigenvalue weighted by molar-refractivity contribution is 6.74. The van der Waals surface area contributed by atoms with Crippen LogP contribution in [-0.4, -0.2) is 37.5 Å². The predicted octanol–water partition coefficient (Wildman–Crippen LogP) is 5.60.